The molecule has 1 aromatic heterocycles. The molecule has 1 aliphatic heterocycles. The zero-order valence-corrected chi connectivity index (χ0v) is 14.6. The number of nitrogens with zero attached hydrogens (tertiary/aromatic N) is 2. The number of amides is 1. The molecule has 2 aromatic rings. The Hall–Kier alpha value is -2.04. The van der Waals surface area contributed by atoms with E-state index in [0.717, 1.165) is 35.5 Å². The highest BCUT2D eigenvalue weighted by Crippen LogP contribution is 2.44. The Balaban J connectivity index is 1.65. The molecule has 5 heteroatoms. The third kappa shape index (κ3) is 2.29. The number of rotatable bonds is 3. The minimum absolute atomic E-state index is 0.0718. The van der Waals surface area contributed by atoms with E-state index < -0.39 is 0 Å². The highest BCUT2D eigenvalue weighted by atomic mass is 16.5. The Labute approximate surface area is 142 Å². The molecule has 2 aliphatic rings. The van der Waals surface area contributed by atoms with Gasteiger partial charge in [-0.25, -0.2) is 0 Å². The van der Waals surface area contributed by atoms with E-state index in [-0.39, 0.29) is 5.91 Å². The molecular weight excluding hydrogens is 302 g/mol. The lowest BCUT2D eigenvalue weighted by molar-refractivity contribution is 0.0694. The van der Waals surface area contributed by atoms with Gasteiger partial charge in [-0.1, -0.05) is 20.3 Å². The summed E-state index contributed by atoms with van der Waals surface area (Å²) in [6.45, 7) is 5.45. The van der Waals surface area contributed by atoms with Crippen LogP contribution >= 0.6 is 0 Å². The molecule has 1 unspecified atom stereocenters. The van der Waals surface area contributed by atoms with Crippen molar-refractivity contribution in [2.24, 2.45) is 17.8 Å². The second-order valence-electron chi connectivity index (χ2n) is 7.37. The van der Waals surface area contributed by atoms with Gasteiger partial charge in [0.2, 0.25) is 0 Å². The van der Waals surface area contributed by atoms with Gasteiger partial charge in [0.15, 0.2) is 5.69 Å². The van der Waals surface area contributed by atoms with E-state index in [4.69, 9.17) is 4.74 Å². The number of methoxy groups -OCH3 is 1. The normalized spacial score (nSPS) is 29.2. The predicted molar refractivity (Wildman–Crippen MR) is 93.1 cm³/mol. The summed E-state index contributed by atoms with van der Waals surface area (Å²) in [6, 6.07) is 6.06. The van der Waals surface area contributed by atoms with Crippen molar-refractivity contribution in [2.75, 3.05) is 13.7 Å². The number of H-pyrrole nitrogens is 1. The molecule has 1 N–H and O–H groups in total. The molecule has 1 saturated heterocycles. The van der Waals surface area contributed by atoms with Crippen LogP contribution < -0.4 is 4.74 Å². The van der Waals surface area contributed by atoms with Crippen molar-refractivity contribution in [3.8, 4) is 5.75 Å². The summed E-state index contributed by atoms with van der Waals surface area (Å²) in [5.41, 5.74) is 1.39. The van der Waals surface area contributed by atoms with Crippen LogP contribution in [0.2, 0.25) is 0 Å². The van der Waals surface area contributed by atoms with E-state index in [2.05, 4.69) is 28.9 Å². The number of hydrogen-bond donors (Lipinski definition) is 1. The van der Waals surface area contributed by atoms with E-state index in [1.54, 1.807) is 7.11 Å². The average Bonchev–Trinajstić information content (AvgIpc) is 3.08. The highest BCUT2D eigenvalue weighted by molar-refractivity contribution is 6.05. The molecule has 1 saturated carbocycles. The maximum Gasteiger partial charge on any atom is 0.275 e. The van der Waals surface area contributed by atoms with Crippen LogP contribution in [0, 0.1) is 17.8 Å². The number of aromatic amines is 1. The SMILES string of the molecule is CC[C@@H]1C[C@H]2CN(C(=O)c3n[nH]c4cc(OC)ccc34)[C@@H](C1)C2C. The van der Waals surface area contributed by atoms with Gasteiger partial charge in [-0.15, -0.1) is 0 Å². The molecular formula is C19H25N3O2. The van der Waals surface area contributed by atoms with Gasteiger partial charge in [-0.05, 0) is 42.7 Å². The Morgan fingerprint density at radius 3 is 3.00 bits per heavy atom. The first-order valence-corrected chi connectivity index (χ1v) is 8.95. The quantitative estimate of drug-likeness (QED) is 0.939. The number of benzene rings is 1. The van der Waals surface area contributed by atoms with E-state index in [1.807, 2.05) is 18.2 Å². The van der Waals surface area contributed by atoms with Gasteiger partial charge < -0.3 is 9.64 Å². The van der Waals surface area contributed by atoms with Gasteiger partial charge in [-0.3, -0.25) is 9.89 Å². The summed E-state index contributed by atoms with van der Waals surface area (Å²) in [6.07, 6.45) is 3.61. The van der Waals surface area contributed by atoms with Crippen molar-refractivity contribution in [3.05, 3.63) is 23.9 Å². The lowest BCUT2D eigenvalue weighted by Crippen LogP contribution is -2.39. The van der Waals surface area contributed by atoms with Crippen LogP contribution in [0.3, 0.4) is 0 Å². The summed E-state index contributed by atoms with van der Waals surface area (Å²) < 4.78 is 5.24. The summed E-state index contributed by atoms with van der Waals surface area (Å²) >= 11 is 0. The Kier molecular flexibility index (Phi) is 3.74. The zero-order chi connectivity index (χ0) is 16.8. The molecule has 2 heterocycles. The summed E-state index contributed by atoms with van der Waals surface area (Å²) in [7, 11) is 1.64. The van der Waals surface area contributed by atoms with Crippen molar-refractivity contribution < 1.29 is 9.53 Å². The largest absolute Gasteiger partial charge is 0.497 e. The van der Waals surface area contributed by atoms with Crippen molar-refractivity contribution >= 4 is 16.8 Å². The van der Waals surface area contributed by atoms with Crippen molar-refractivity contribution in [1.29, 1.82) is 0 Å². The van der Waals surface area contributed by atoms with Crippen LogP contribution in [0.1, 0.15) is 43.6 Å². The number of carbonyl (C=O) groups excluding carboxylic acids is 1. The molecule has 4 atom stereocenters. The Morgan fingerprint density at radius 1 is 1.42 bits per heavy atom. The van der Waals surface area contributed by atoms with Crippen LogP contribution in [0.5, 0.6) is 5.75 Å². The van der Waals surface area contributed by atoms with E-state index in [9.17, 15) is 4.79 Å². The fraction of sp³-hybridized carbons (Fsp3) is 0.579. The average molecular weight is 327 g/mol. The number of nitrogens with one attached hydrogen (secondary N) is 1. The third-order valence-electron chi connectivity index (χ3n) is 6.20. The monoisotopic (exact) mass is 327 g/mol. The van der Waals surface area contributed by atoms with Gasteiger partial charge >= 0.3 is 0 Å². The molecule has 1 aliphatic carbocycles. The van der Waals surface area contributed by atoms with Crippen LogP contribution in [0.15, 0.2) is 18.2 Å². The number of carbonyl (C=O) groups is 1. The predicted octanol–water partition coefficient (Wildman–Crippen LogP) is 3.47. The Bertz CT molecular complexity index is 769. The second kappa shape index (κ2) is 5.80. The summed E-state index contributed by atoms with van der Waals surface area (Å²) in [5, 5.41) is 8.18. The first-order chi connectivity index (χ1) is 11.6. The van der Waals surface area contributed by atoms with Crippen LogP contribution in [0.25, 0.3) is 10.9 Å². The number of hydrogen-bond acceptors (Lipinski definition) is 3. The summed E-state index contributed by atoms with van der Waals surface area (Å²) in [5.74, 6) is 2.84. The first kappa shape index (κ1) is 15.5. The number of fused-ring (bicyclic) bond motifs is 3. The molecule has 0 spiro atoms. The lowest BCUT2D eigenvalue weighted by Gasteiger charge is -2.33. The standard InChI is InChI=1S/C19H25N3O2/c1-4-12-7-13-10-22(17(8-12)11(13)2)19(23)18-15-6-5-14(24-3)9-16(15)20-21-18/h5-6,9,11-13,17H,4,7-8,10H2,1-3H3,(H,20,21)/t11?,12-,13+,17+/m1/s1. The molecule has 4 rings (SSSR count). The van der Waals surface area contributed by atoms with Crippen molar-refractivity contribution in [2.45, 2.75) is 39.2 Å². The Morgan fingerprint density at radius 2 is 2.25 bits per heavy atom. The highest BCUT2D eigenvalue weighted by Gasteiger charge is 2.46. The van der Waals surface area contributed by atoms with Crippen LogP contribution in [-0.2, 0) is 0 Å². The van der Waals surface area contributed by atoms with E-state index in [0.29, 0.717) is 23.6 Å². The molecule has 2 bridgehead atoms. The van der Waals surface area contributed by atoms with E-state index in [1.165, 1.54) is 12.8 Å². The number of aromatic nitrogens is 2. The van der Waals surface area contributed by atoms with Crippen molar-refractivity contribution in [1.82, 2.24) is 15.1 Å². The second-order valence-corrected chi connectivity index (χ2v) is 7.37. The topological polar surface area (TPSA) is 58.2 Å². The molecule has 24 heavy (non-hydrogen) atoms. The van der Waals surface area contributed by atoms with E-state index >= 15 is 0 Å². The lowest BCUT2D eigenvalue weighted by atomic mass is 9.74. The molecule has 5 nitrogen and oxygen atoms in total. The van der Waals surface area contributed by atoms with Crippen molar-refractivity contribution in [3.63, 3.8) is 0 Å². The van der Waals surface area contributed by atoms with Gasteiger partial charge in [-0.2, -0.15) is 5.10 Å². The zero-order valence-electron chi connectivity index (χ0n) is 14.6. The summed E-state index contributed by atoms with van der Waals surface area (Å²) in [4.78, 5) is 15.3. The number of likely N-dealkylation sites (tertiary alicyclic amines) is 1. The van der Waals surface area contributed by atoms with Crippen LogP contribution in [0.4, 0.5) is 0 Å². The fourth-order valence-electron chi connectivity index (χ4n) is 4.64. The minimum Gasteiger partial charge on any atom is -0.497 e. The van der Waals surface area contributed by atoms with Gasteiger partial charge in [0.05, 0.1) is 12.6 Å². The number of ether oxygens (including phenoxy) is 1. The first-order valence-electron chi connectivity index (χ1n) is 8.95. The maximum atomic E-state index is 13.2. The molecule has 128 valence electrons. The van der Waals surface area contributed by atoms with Gasteiger partial charge in [0.25, 0.3) is 5.91 Å². The minimum atomic E-state index is 0.0718. The fourth-order valence-corrected chi connectivity index (χ4v) is 4.64. The third-order valence-corrected chi connectivity index (χ3v) is 6.20. The van der Waals surface area contributed by atoms with Gasteiger partial charge in [0.1, 0.15) is 5.75 Å². The van der Waals surface area contributed by atoms with Crippen LogP contribution in [-0.4, -0.2) is 40.7 Å². The maximum absolute atomic E-state index is 13.2. The van der Waals surface area contributed by atoms with Gasteiger partial charge in [0, 0.05) is 24.0 Å². The molecule has 0 radical (unpaired) electrons. The molecule has 1 amide bonds. The molecule has 2 fully saturated rings. The molecule has 1 aromatic carbocycles. The smallest absolute Gasteiger partial charge is 0.275 e.